The minimum absolute atomic E-state index is 0.238. The molecule has 2 atom stereocenters. The van der Waals surface area contributed by atoms with Crippen LogP contribution in [0.2, 0.25) is 0 Å². The molecule has 0 aliphatic carbocycles. The van der Waals surface area contributed by atoms with Crippen molar-refractivity contribution < 1.29 is 19.6 Å². The SMILES string of the molecule is CCC(/C=C/C(CC(C)=O)[N+](=O)[O-])O[N+](=O)[O-]. The maximum absolute atomic E-state index is 10.8. The predicted octanol–water partition coefficient (Wildman–Crippen LogP) is 1.15. The topological polar surface area (TPSA) is 113 Å². The van der Waals surface area contributed by atoms with Crippen LogP contribution in [0.15, 0.2) is 12.2 Å². The highest BCUT2D eigenvalue weighted by atomic mass is 17.0. The second-order valence-electron chi connectivity index (χ2n) is 3.42. The summed E-state index contributed by atoms with van der Waals surface area (Å²) in [5, 5.41) is 19.7. The maximum atomic E-state index is 10.8. The van der Waals surface area contributed by atoms with Crippen LogP contribution in [0.4, 0.5) is 0 Å². The normalized spacial score (nSPS) is 14.2. The van der Waals surface area contributed by atoms with E-state index in [-0.39, 0.29) is 12.2 Å². The van der Waals surface area contributed by atoms with Gasteiger partial charge in [0.2, 0.25) is 6.04 Å². The molecule has 8 nitrogen and oxygen atoms in total. The molecule has 0 amide bonds. The van der Waals surface area contributed by atoms with Gasteiger partial charge in [0, 0.05) is 4.92 Å². The van der Waals surface area contributed by atoms with Crippen molar-refractivity contribution in [3.8, 4) is 0 Å². The van der Waals surface area contributed by atoms with Crippen molar-refractivity contribution in [2.45, 2.75) is 38.8 Å². The summed E-state index contributed by atoms with van der Waals surface area (Å²) in [5.74, 6) is -0.320. The van der Waals surface area contributed by atoms with Gasteiger partial charge in [0.1, 0.15) is 11.9 Å². The Morgan fingerprint density at radius 3 is 2.29 bits per heavy atom. The number of Topliss-reactive ketones (excluding diaryl/α,β-unsaturated/α-hetero) is 1. The van der Waals surface area contributed by atoms with Crippen LogP contribution >= 0.6 is 0 Å². The molecule has 0 saturated heterocycles. The Labute approximate surface area is 97.5 Å². The highest BCUT2D eigenvalue weighted by Crippen LogP contribution is 2.05. The standard InChI is InChI=1S/C9H14N2O6/c1-3-9(17-11(15)16)5-4-8(10(13)14)6-7(2)12/h4-5,8-9H,3,6H2,1-2H3/b5-4+. The second kappa shape index (κ2) is 7.31. The number of hydrogen-bond donors (Lipinski definition) is 0. The molecule has 17 heavy (non-hydrogen) atoms. The summed E-state index contributed by atoms with van der Waals surface area (Å²) >= 11 is 0. The molecule has 0 bridgehead atoms. The Bertz CT molecular complexity index is 327. The van der Waals surface area contributed by atoms with E-state index in [4.69, 9.17) is 0 Å². The lowest BCUT2D eigenvalue weighted by molar-refractivity contribution is -0.765. The minimum atomic E-state index is -1.17. The van der Waals surface area contributed by atoms with Crippen LogP contribution in [0.3, 0.4) is 0 Å². The first-order valence-electron chi connectivity index (χ1n) is 4.99. The Balaban J connectivity index is 4.54. The first-order chi connectivity index (χ1) is 7.86. The lowest BCUT2D eigenvalue weighted by atomic mass is 10.1. The van der Waals surface area contributed by atoms with E-state index in [0.717, 1.165) is 6.08 Å². The van der Waals surface area contributed by atoms with Crippen LogP contribution in [-0.4, -0.2) is 27.9 Å². The first-order valence-corrected chi connectivity index (χ1v) is 4.99. The molecular formula is C9H14N2O6. The summed E-state index contributed by atoms with van der Waals surface area (Å²) < 4.78 is 0. The number of rotatable bonds is 8. The minimum Gasteiger partial charge on any atom is -0.306 e. The maximum Gasteiger partial charge on any atom is 0.295 e. The molecule has 0 saturated carbocycles. The van der Waals surface area contributed by atoms with Crippen molar-refractivity contribution in [1.82, 2.24) is 0 Å². The third-order valence-electron chi connectivity index (χ3n) is 1.94. The van der Waals surface area contributed by atoms with Crippen LogP contribution in [0.5, 0.6) is 0 Å². The van der Waals surface area contributed by atoms with E-state index in [0.29, 0.717) is 6.42 Å². The largest absolute Gasteiger partial charge is 0.306 e. The van der Waals surface area contributed by atoms with Crippen LogP contribution in [0.25, 0.3) is 0 Å². The van der Waals surface area contributed by atoms with Crippen LogP contribution in [0, 0.1) is 20.2 Å². The molecule has 0 rings (SSSR count). The van der Waals surface area contributed by atoms with E-state index in [2.05, 4.69) is 4.84 Å². The van der Waals surface area contributed by atoms with E-state index in [9.17, 15) is 25.0 Å². The molecular weight excluding hydrogens is 232 g/mol. The van der Waals surface area contributed by atoms with Gasteiger partial charge in [0.25, 0.3) is 5.09 Å². The van der Waals surface area contributed by atoms with Crippen molar-refractivity contribution in [1.29, 1.82) is 0 Å². The fraction of sp³-hybridized carbons (Fsp3) is 0.667. The van der Waals surface area contributed by atoms with Crippen molar-refractivity contribution >= 4 is 5.78 Å². The second-order valence-corrected chi connectivity index (χ2v) is 3.42. The number of hydrogen-bond acceptors (Lipinski definition) is 6. The molecule has 0 aliphatic rings. The average Bonchev–Trinajstić information content (AvgIpc) is 2.20. The zero-order chi connectivity index (χ0) is 13.4. The average molecular weight is 246 g/mol. The number of nitro groups is 1. The van der Waals surface area contributed by atoms with Crippen molar-refractivity contribution in [3.63, 3.8) is 0 Å². The van der Waals surface area contributed by atoms with E-state index >= 15 is 0 Å². The Kier molecular flexibility index (Phi) is 6.46. The van der Waals surface area contributed by atoms with E-state index in [1.807, 2.05) is 0 Å². The van der Waals surface area contributed by atoms with Crippen LogP contribution in [0.1, 0.15) is 26.7 Å². The highest BCUT2D eigenvalue weighted by Gasteiger charge is 2.19. The van der Waals surface area contributed by atoms with Gasteiger partial charge in [-0.1, -0.05) is 13.0 Å². The van der Waals surface area contributed by atoms with Crippen LogP contribution < -0.4 is 0 Å². The third-order valence-corrected chi connectivity index (χ3v) is 1.94. The molecule has 0 aliphatic heterocycles. The molecule has 0 N–H and O–H groups in total. The number of nitrogens with zero attached hydrogens (tertiary/aromatic N) is 2. The summed E-state index contributed by atoms with van der Waals surface area (Å²) in [5.41, 5.74) is 0. The molecule has 96 valence electrons. The zero-order valence-electron chi connectivity index (χ0n) is 9.57. The quantitative estimate of drug-likeness (QED) is 0.360. The summed E-state index contributed by atoms with van der Waals surface area (Å²) in [7, 11) is 0. The third kappa shape index (κ3) is 6.98. The van der Waals surface area contributed by atoms with Gasteiger partial charge in [-0.2, -0.15) is 0 Å². The summed E-state index contributed by atoms with van der Waals surface area (Å²) in [6.45, 7) is 2.89. The molecule has 0 heterocycles. The fourth-order valence-corrected chi connectivity index (χ4v) is 1.12. The summed E-state index contributed by atoms with van der Waals surface area (Å²) in [4.78, 5) is 35.1. The molecule has 0 radical (unpaired) electrons. The van der Waals surface area contributed by atoms with E-state index < -0.39 is 22.2 Å². The first kappa shape index (κ1) is 15.0. The van der Waals surface area contributed by atoms with E-state index in [1.54, 1.807) is 6.92 Å². The predicted molar refractivity (Wildman–Crippen MR) is 57.4 cm³/mol. The Morgan fingerprint density at radius 2 is 1.94 bits per heavy atom. The smallest absolute Gasteiger partial charge is 0.295 e. The van der Waals surface area contributed by atoms with Crippen molar-refractivity contribution in [2.24, 2.45) is 0 Å². The lowest BCUT2D eigenvalue weighted by Crippen LogP contribution is -2.21. The van der Waals surface area contributed by atoms with Gasteiger partial charge in [0.15, 0.2) is 0 Å². The van der Waals surface area contributed by atoms with E-state index in [1.165, 1.54) is 13.0 Å². The number of carbonyl (C=O) groups is 1. The van der Waals surface area contributed by atoms with Gasteiger partial charge in [-0.3, -0.25) is 14.9 Å². The molecule has 8 heteroatoms. The summed E-state index contributed by atoms with van der Waals surface area (Å²) in [6, 6.07) is -1.17. The van der Waals surface area contributed by atoms with Gasteiger partial charge in [-0.05, 0) is 19.4 Å². The van der Waals surface area contributed by atoms with Gasteiger partial charge in [-0.25, -0.2) is 0 Å². The Hall–Kier alpha value is -1.99. The van der Waals surface area contributed by atoms with Gasteiger partial charge < -0.3 is 4.84 Å². The highest BCUT2D eigenvalue weighted by molar-refractivity contribution is 5.76. The molecule has 2 unspecified atom stereocenters. The van der Waals surface area contributed by atoms with Gasteiger partial charge in [0.05, 0.1) is 6.42 Å². The number of carbonyl (C=O) groups excluding carboxylic acids is 1. The van der Waals surface area contributed by atoms with Crippen molar-refractivity contribution in [3.05, 3.63) is 32.4 Å². The monoisotopic (exact) mass is 246 g/mol. The van der Waals surface area contributed by atoms with Gasteiger partial charge in [-0.15, -0.1) is 10.1 Å². The zero-order valence-corrected chi connectivity index (χ0v) is 9.57. The van der Waals surface area contributed by atoms with Crippen molar-refractivity contribution in [2.75, 3.05) is 0 Å². The molecule has 0 fully saturated rings. The molecule has 0 spiro atoms. The number of ketones is 1. The summed E-state index contributed by atoms with van der Waals surface area (Å²) in [6.07, 6.45) is 1.62. The lowest BCUT2D eigenvalue weighted by Gasteiger charge is -2.07. The molecule has 0 aromatic heterocycles. The van der Waals surface area contributed by atoms with Crippen LogP contribution in [-0.2, 0) is 9.63 Å². The fourth-order valence-electron chi connectivity index (χ4n) is 1.12. The van der Waals surface area contributed by atoms with Gasteiger partial charge >= 0.3 is 0 Å². The Morgan fingerprint density at radius 1 is 1.35 bits per heavy atom. The molecule has 0 aromatic rings. The molecule has 0 aromatic carbocycles.